The topological polar surface area (TPSA) is 54.5 Å². The minimum absolute atomic E-state index is 0.0128. The number of carbonyl (C=O) groups excluding carboxylic acids is 1. The fourth-order valence-corrected chi connectivity index (χ4v) is 3.60. The van der Waals surface area contributed by atoms with Crippen molar-refractivity contribution in [2.75, 3.05) is 24.6 Å². The highest BCUT2D eigenvalue weighted by Gasteiger charge is 2.23. The van der Waals surface area contributed by atoms with Gasteiger partial charge in [-0.2, -0.15) is 0 Å². The molecule has 19 heavy (non-hydrogen) atoms. The molecular weight excluding hydrogens is 337 g/mol. The predicted octanol–water partition coefficient (Wildman–Crippen LogP) is 1.85. The third-order valence-corrected chi connectivity index (χ3v) is 5.33. The number of carbonyl (C=O) groups is 1. The Morgan fingerprint density at radius 1 is 1.26 bits per heavy atom. The molecule has 2 rings (SSSR count). The quantitative estimate of drug-likeness (QED) is 0.777. The van der Waals surface area contributed by atoms with E-state index in [0.717, 1.165) is 0 Å². The van der Waals surface area contributed by atoms with Crippen molar-refractivity contribution in [3.05, 3.63) is 34.1 Å². The Balaban J connectivity index is 2.17. The second-order valence-corrected chi connectivity index (χ2v) is 7.58. The van der Waals surface area contributed by atoms with Gasteiger partial charge in [0.1, 0.15) is 5.82 Å². The Hall–Kier alpha value is -0.950. The minimum Gasteiger partial charge on any atom is -0.338 e. The van der Waals surface area contributed by atoms with E-state index in [9.17, 15) is 17.6 Å². The van der Waals surface area contributed by atoms with Gasteiger partial charge < -0.3 is 4.90 Å². The molecule has 0 spiro atoms. The molecule has 1 aliphatic rings. The van der Waals surface area contributed by atoms with Crippen molar-refractivity contribution in [2.45, 2.75) is 6.42 Å². The van der Waals surface area contributed by atoms with Crippen molar-refractivity contribution in [1.82, 2.24) is 4.90 Å². The number of amides is 1. The van der Waals surface area contributed by atoms with Crippen molar-refractivity contribution in [3.8, 4) is 0 Å². The van der Waals surface area contributed by atoms with Gasteiger partial charge in [-0.15, -0.1) is 0 Å². The van der Waals surface area contributed by atoms with Crippen LogP contribution >= 0.6 is 15.9 Å². The molecule has 1 aromatic carbocycles. The van der Waals surface area contributed by atoms with Gasteiger partial charge in [-0.25, -0.2) is 12.8 Å². The zero-order valence-electron chi connectivity index (χ0n) is 10.1. The van der Waals surface area contributed by atoms with Crippen LogP contribution < -0.4 is 0 Å². The summed E-state index contributed by atoms with van der Waals surface area (Å²) >= 11 is 3.03. The second kappa shape index (κ2) is 5.58. The normalized spacial score (nSPS) is 18.9. The molecule has 0 unspecified atom stereocenters. The Morgan fingerprint density at radius 2 is 2.00 bits per heavy atom. The van der Waals surface area contributed by atoms with Crippen LogP contribution in [-0.2, 0) is 9.84 Å². The van der Waals surface area contributed by atoms with E-state index < -0.39 is 15.7 Å². The SMILES string of the molecule is O=C(c1ccc(F)c(Br)c1)N1CCCS(=O)(=O)CC1. The van der Waals surface area contributed by atoms with E-state index in [-0.39, 0.29) is 28.4 Å². The highest BCUT2D eigenvalue weighted by atomic mass is 79.9. The maximum Gasteiger partial charge on any atom is 0.253 e. The molecule has 1 saturated heterocycles. The average molecular weight is 350 g/mol. The maximum atomic E-state index is 13.1. The van der Waals surface area contributed by atoms with E-state index in [1.807, 2.05) is 0 Å². The standard InChI is InChI=1S/C12H13BrFNO3S/c13-10-8-9(2-3-11(10)14)12(16)15-4-1-6-19(17,18)7-5-15/h2-3,8H,1,4-7H2. The van der Waals surface area contributed by atoms with Gasteiger partial charge >= 0.3 is 0 Å². The first-order chi connectivity index (χ1) is 8.89. The van der Waals surface area contributed by atoms with E-state index in [1.54, 1.807) is 0 Å². The van der Waals surface area contributed by atoms with Gasteiger partial charge in [0.05, 0.1) is 16.0 Å². The van der Waals surface area contributed by atoms with Gasteiger partial charge in [-0.1, -0.05) is 0 Å². The number of nitrogens with zero attached hydrogens (tertiary/aromatic N) is 1. The van der Waals surface area contributed by atoms with Gasteiger partial charge in [0.15, 0.2) is 9.84 Å². The molecule has 0 aromatic heterocycles. The van der Waals surface area contributed by atoms with Crippen LogP contribution in [0, 0.1) is 5.82 Å². The summed E-state index contributed by atoms with van der Waals surface area (Å²) < 4.78 is 36.3. The lowest BCUT2D eigenvalue weighted by Crippen LogP contribution is -2.33. The molecule has 1 amide bonds. The first-order valence-corrected chi connectivity index (χ1v) is 8.45. The summed E-state index contributed by atoms with van der Waals surface area (Å²) in [5, 5.41) is 0. The summed E-state index contributed by atoms with van der Waals surface area (Å²) in [7, 11) is -3.05. The molecule has 0 aliphatic carbocycles. The molecule has 1 aromatic rings. The molecular formula is C12H13BrFNO3S. The van der Waals surface area contributed by atoms with Gasteiger partial charge in [0.2, 0.25) is 0 Å². The van der Waals surface area contributed by atoms with E-state index >= 15 is 0 Å². The van der Waals surface area contributed by atoms with E-state index in [2.05, 4.69) is 15.9 Å². The van der Waals surface area contributed by atoms with Crippen LogP contribution in [0.1, 0.15) is 16.8 Å². The molecule has 1 heterocycles. The molecule has 1 fully saturated rings. The molecule has 0 saturated carbocycles. The lowest BCUT2D eigenvalue weighted by atomic mass is 10.2. The van der Waals surface area contributed by atoms with Gasteiger partial charge in [-0.05, 0) is 40.5 Å². The first-order valence-electron chi connectivity index (χ1n) is 5.84. The number of hydrogen-bond donors (Lipinski definition) is 0. The Bertz CT molecular complexity index is 603. The number of rotatable bonds is 1. The number of hydrogen-bond acceptors (Lipinski definition) is 3. The van der Waals surface area contributed by atoms with Crippen LogP contribution in [0.25, 0.3) is 0 Å². The molecule has 7 heteroatoms. The molecule has 0 atom stereocenters. The van der Waals surface area contributed by atoms with Crippen molar-refractivity contribution < 1.29 is 17.6 Å². The fourth-order valence-electron chi connectivity index (χ4n) is 1.95. The van der Waals surface area contributed by atoms with Crippen LogP contribution in [0.4, 0.5) is 4.39 Å². The summed E-state index contributed by atoms with van der Waals surface area (Å²) in [6, 6.07) is 4.03. The van der Waals surface area contributed by atoms with E-state index in [4.69, 9.17) is 0 Å². The van der Waals surface area contributed by atoms with Crippen LogP contribution in [0.3, 0.4) is 0 Å². The second-order valence-electron chi connectivity index (χ2n) is 4.43. The molecule has 0 N–H and O–H groups in total. The zero-order valence-corrected chi connectivity index (χ0v) is 12.5. The summed E-state index contributed by atoms with van der Waals surface area (Å²) in [6.07, 6.45) is 0.441. The summed E-state index contributed by atoms with van der Waals surface area (Å²) in [5.74, 6) is -0.599. The molecule has 0 radical (unpaired) electrons. The van der Waals surface area contributed by atoms with Crippen LogP contribution in [-0.4, -0.2) is 43.8 Å². The fraction of sp³-hybridized carbons (Fsp3) is 0.417. The number of benzene rings is 1. The third kappa shape index (κ3) is 3.54. The zero-order chi connectivity index (χ0) is 14.0. The Kier molecular flexibility index (Phi) is 4.25. The highest BCUT2D eigenvalue weighted by Crippen LogP contribution is 2.18. The highest BCUT2D eigenvalue weighted by molar-refractivity contribution is 9.10. The van der Waals surface area contributed by atoms with E-state index in [1.165, 1.54) is 23.1 Å². The Morgan fingerprint density at radius 3 is 2.68 bits per heavy atom. The molecule has 0 bridgehead atoms. The van der Waals surface area contributed by atoms with Gasteiger partial charge in [0, 0.05) is 18.7 Å². The van der Waals surface area contributed by atoms with E-state index in [0.29, 0.717) is 18.5 Å². The lowest BCUT2D eigenvalue weighted by Gasteiger charge is -2.19. The molecule has 1 aliphatic heterocycles. The predicted molar refractivity (Wildman–Crippen MR) is 73.3 cm³/mol. The molecule has 104 valence electrons. The largest absolute Gasteiger partial charge is 0.338 e. The van der Waals surface area contributed by atoms with Gasteiger partial charge in [0.25, 0.3) is 5.91 Å². The van der Waals surface area contributed by atoms with Crippen molar-refractivity contribution >= 4 is 31.7 Å². The van der Waals surface area contributed by atoms with Crippen molar-refractivity contribution in [3.63, 3.8) is 0 Å². The van der Waals surface area contributed by atoms with Crippen molar-refractivity contribution in [2.24, 2.45) is 0 Å². The smallest absolute Gasteiger partial charge is 0.253 e. The van der Waals surface area contributed by atoms with Gasteiger partial charge in [-0.3, -0.25) is 4.79 Å². The minimum atomic E-state index is -3.05. The average Bonchev–Trinajstić information content (AvgIpc) is 2.53. The maximum absolute atomic E-state index is 13.1. The van der Waals surface area contributed by atoms with Crippen LogP contribution in [0.15, 0.2) is 22.7 Å². The van der Waals surface area contributed by atoms with Crippen molar-refractivity contribution in [1.29, 1.82) is 0 Å². The monoisotopic (exact) mass is 349 g/mol. The number of sulfone groups is 1. The Labute approximate surface area is 119 Å². The van der Waals surface area contributed by atoms with Crippen LogP contribution in [0.5, 0.6) is 0 Å². The lowest BCUT2D eigenvalue weighted by molar-refractivity contribution is 0.0768. The summed E-state index contributed by atoms with van der Waals surface area (Å²) in [6.45, 7) is 0.600. The number of halogens is 2. The summed E-state index contributed by atoms with van der Waals surface area (Å²) in [4.78, 5) is 13.7. The summed E-state index contributed by atoms with van der Waals surface area (Å²) in [5.41, 5.74) is 0.354. The molecule has 4 nitrogen and oxygen atoms in total. The first kappa shape index (κ1) is 14.5. The third-order valence-electron chi connectivity index (χ3n) is 3.01. The van der Waals surface area contributed by atoms with Crippen LogP contribution in [0.2, 0.25) is 0 Å².